The van der Waals surface area contributed by atoms with Crippen molar-refractivity contribution in [3.8, 4) is 0 Å². The molecule has 2 fully saturated rings. The van der Waals surface area contributed by atoms with Gasteiger partial charge in [0.1, 0.15) is 0 Å². The Morgan fingerprint density at radius 3 is 2.72 bits per heavy atom. The van der Waals surface area contributed by atoms with E-state index in [1.165, 1.54) is 4.68 Å². The Balaban J connectivity index is 0.00000182. The van der Waals surface area contributed by atoms with Crippen LogP contribution in [-0.4, -0.2) is 45.8 Å². The summed E-state index contributed by atoms with van der Waals surface area (Å²) < 4.78 is 1.34. The first-order chi connectivity index (χ1) is 11.6. The van der Waals surface area contributed by atoms with Gasteiger partial charge in [0.15, 0.2) is 0 Å². The Morgan fingerprint density at radius 1 is 1.20 bits per heavy atom. The summed E-state index contributed by atoms with van der Waals surface area (Å²) in [7, 11) is 1.64. The van der Waals surface area contributed by atoms with E-state index in [-0.39, 0.29) is 30.3 Å². The highest BCUT2D eigenvalue weighted by Crippen LogP contribution is 2.29. The van der Waals surface area contributed by atoms with E-state index in [1.807, 2.05) is 18.2 Å². The van der Waals surface area contributed by atoms with E-state index in [9.17, 15) is 9.59 Å². The highest BCUT2D eigenvalue weighted by Gasteiger charge is 2.38. The van der Waals surface area contributed by atoms with Gasteiger partial charge >= 0.3 is 0 Å². The van der Waals surface area contributed by atoms with Crippen molar-refractivity contribution >= 4 is 29.1 Å². The summed E-state index contributed by atoms with van der Waals surface area (Å²) in [5, 5.41) is 9.20. The van der Waals surface area contributed by atoms with Gasteiger partial charge in [-0.25, -0.2) is 4.68 Å². The van der Waals surface area contributed by atoms with Gasteiger partial charge in [-0.15, -0.1) is 12.4 Å². The predicted molar refractivity (Wildman–Crippen MR) is 99.1 cm³/mol. The number of benzene rings is 1. The molecule has 2 saturated heterocycles. The lowest BCUT2D eigenvalue weighted by Gasteiger charge is -2.28. The second kappa shape index (κ2) is 7.14. The molecule has 2 aromatic rings. The highest BCUT2D eigenvalue weighted by molar-refractivity contribution is 5.88. The first-order valence-electron chi connectivity index (χ1n) is 8.62. The van der Waals surface area contributed by atoms with Gasteiger partial charge < -0.3 is 10.2 Å². The molecule has 25 heavy (non-hydrogen) atoms. The third-order valence-electron chi connectivity index (χ3n) is 5.29. The number of aromatic nitrogens is 2. The van der Waals surface area contributed by atoms with Gasteiger partial charge in [0, 0.05) is 31.1 Å². The number of fused-ring (bicyclic) bond motifs is 3. The number of aryl methyl sites for hydroxylation is 1. The van der Waals surface area contributed by atoms with Crippen molar-refractivity contribution in [2.45, 2.75) is 37.8 Å². The minimum atomic E-state index is -0.124. The predicted octanol–water partition coefficient (Wildman–Crippen LogP) is 1.25. The van der Waals surface area contributed by atoms with Crippen molar-refractivity contribution in [2.75, 3.05) is 13.1 Å². The lowest BCUT2D eigenvalue weighted by molar-refractivity contribution is -0.133. The molecule has 1 amide bonds. The van der Waals surface area contributed by atoms with Crippen LogP contribution in [0.2, 0.25) is 0 Å². The number of carbonyl (C=O) groups is 1. The Bertz CT molecular complexity index is 837. The number of nitrogens with zero attached hydrogens (tertiary/aromatic N) is 3. The van der Waals surface area contributed by atoms with Gasteiger partial charge in [-0.3, -0.25) is 9.59 Å². The molecule has 0 aliphatic carbocycles. The SMILES string of the molecule is Cl.Cn1nc(CC(=O)N2C3CCNCC2CC3)c2ccccc2c1=O. The smallest absolute Gasteiger partial charge is 0.274 e. The maximum atomic E-state index is 13.0. The van der Waals surface area contributed by atoms with E-state index in [0.717, 1.165) is 37.7 Å². The van der Waals surface area contributed by atoms with Crippen LogP contribution in [0.1, 0.15) is 25.0 Å². The van der Waals surface area contributed by atoms with Crippen LogP contribution in [0, 0.1) is 0 Å². The molecule has 1 aromatic carbocycles. The van der Waals surface area contributed by atoms with Crippen LogP contribution in [-0.2, 0) is 18.3 Å². The van der Waals surface area contributed by atoms with E-state index >= 15 is 0 Å². The maximum Gasteiger partial charge on any atom is 0.274 e. The summed E-state index contributed by atoms with van der Waals surface area (Å²) in [4.78, 5) is 27.3. The molecule has 0 radical (unpaired) electrons. The summed E-state index contributed by atoms with van der Waals surface area (Å²) >= 11 is 0. The number of nitrogens with one attached hydrogen (secondary N) is 1. The molecular weight excluding hydrogens is 340 g/mol. The minimum absolute atomic E-state index is 0. The molecule has 1 aromatic heterocycles. The molecule has 7 heteroatoms. The highest BCUT2D eigenvalue weighted by atomic mass is 35.5. The van der Waals surface area contributed by atoms with E-state index in [2.05, 4.69) is 15.3 Å². The lowest BCUT2D eigenvalue weighted by atomic mass is 10.1. The molecule has 2 bridgehead atoms. The van der Waals surface area contributed by atoms with Crippen LogP contribution in [0.4, 0.5) is 0 Å². The summed E-state index contributed by atoms with van der Waals surface area (Å²) in [6.07, 6.45) is 3.44. The van der Waals surface area contributed by atoms with Gasteiger partial charge in [-0.1, -0.05) is 18.2 Å². The van der Waals surface area contributed by atoms with E-state index < -0.39 is 0 Å². The van der Waals surface area contributed by atoms with Crippen LogP contribution in [0.15, 0.2) is 29.1 Å². The Morgan fingerprint density at radius 2 is 1.92 bits per heavy atom. The molecule has 134 valence electrons. The van der Waals surface area contributed by atoms with Crippen molar-refractivity contribution in [1.82, 2.24) is 20.0 Å². The molecule has 2 atom stereocenters. The third-order valence-corrected chi connectivity index (χ3v) is 5.29. The van der Waals surface area contributed by atoms with Crippen molar-refractivity contribution in [1.29, 1.82) is 0 Å². The zero-order valence-electron chi connectivity index (χ0n) is 14.3. The summed E-state index contributed by atoms with van der Waals surface area (Å²) in [5.41, 5.74) is 0.565. The molecular formula is C18H23ClN4O2. The van der Waals surface area contributed by atoms with Gasteiger partial charge in [-0.2, -0.15) is 5.10 Å². The number of hydrogen-bond donors (Lipinski definition) is 1. The number of amides is 1. The van der Waals surface area contributed by atoms with Crippen molar-refractivity contribution in [2.24, 2.45) is 7.05 Å². The Kier molecular flexibility index (Phi) is 5.11. The average molecular weight is 363 g/mol. The normalized spacial score (nSPS) is 22.5. The molecule has 4 rings (SSSR count). The maximum absolute atomic E-state index is 13.0. The van der Waals surface area contributed by atoms with Crippen molar-refractivity contribution in [3.63, 3.8) is 0 Å². The largest absolute Gasteiger partial charge is 0.335 e. The molecule has 6 nitrogen and oxygen atoms in total. The monoisotopic (exact) mass is 362 g/mol. The Labute approximate surface area is 152 Å². The second-order valence-corrected chi connectivity index (χ2v) is 6.78. The van der Waals surface area contributed by atoms with Crippen LogP contribution in [0.3, 0.4) is 0 Å². The quantitative estimate of drug-likeness (QED) is 0.873. The zero-order chi connectivity index (χ0) is 16.7. The first-order valence-corrected chi connectivity index (χ1v) is 8.62. The van der Waals surface area contributed by atoms with E-state index in [1.54, 1.807) is 13.1 Å². The summed E-state index contributed by atoms with van der Waals surface area (Å²) in [5.74, 6) is 0.127. The minimum Gasteiger partial charge on any atom is -0.335 e. The summed E-state index contributed by atoms with van der Waals surface area (Å²) in [6, 6.07) is 8.05. The number of carbonyl (C=O) groups excluding carboxylic acids is 1. The van der Waals surface area contributed by atoms with Crippen molar-refractivity contribution < 1.29 is 4.79 Å². The van der Waals surface area contributed by atoms with E-state index in [4.69, 9.17) is 0 Å². The van der Waals surface area contributed by atoms with Crippen LogP contribution in [0.5, 0.6) is 0 Å². The van der Waals surface area contributed by atoms with Crippen LogP contribution >= 0.6 is 12.4 Å². The molecule has 1 N–H and O–H groups in total. The topological polar surface area (TPSA) is 67.2 Å². The number of rotatable bonds is 2. The first kappa shape index (κ1) is 17.9. The number of halogens is 1. The van der Waals surface area contributed by atoms with Crippen LogP contribution in [0.25, 0.3) is 10.8 Å². The fraction of sp³-hybridized carbons (Fsp3) is 0.500. The molecule has 3 heterocycles. The van der Waals surface area contributed by atoms with E-state index in [0.29, 0.717) is 23.2 Å². The molecule has 2 aliphatic rings. The zero-order valence-corrected chi connectivity index (χ0v) is 15.1. The third kappa shape index (κ3) is 3.16. The average Bonchev–Trinajstić information content (AvgIpc) is 2.85. The standard InChI is InChI=1S/C18H22N4O2.ClH/c1-21-18(24)15-5-3-2-4-14(15)16(20-21)10-17(23)22-12-6-7-13(22)11-19-9-8-12;/h2-5,12-13,19H,6-11H2,1H3;1H. The Hall–Kier alpha value is -1.92. The fourth-order valence-electron chi connectivity index (χ4n) is 4.13. The summed E-state index contributed by atoms with van der Waals surface area (Å²) in [6.45, 7) is 1.86. The molecule has 0 saturated carbocycles. The molecule has 2 aliphatic heterocycles. The fourth-order valence-corrected chi connectivity index (χ4v) is 4.13. The van der Waals surface area contributed by atoms with Crippen molar-refractivity contribution in [3.05, 3.63) is 40.3 Å². The van der Waals surface area contributed by atoms with Gasteiger partial charge in [-0.05, 0) is 31.9 Å². The van der Waals surface area contributed by atoms with Gasteiger partial charge in [0.05, 0.1) is 17.5 Å². The lowest BCUT2D eigenvalue weighted by Crippen LogP contribution is -2.43. The van der Waals surface area contributed by atoms with Gasteiger partial charge in [0.25, 0.3) is 5.56 Å². The second-order valence-electron chi connectivity index (χ2n) is 6.78. The van der Waals surface area contributed by atoms with Crippen LogP contribution < -0.4 is 10.9 Å². The molecule has 2 unspecified atom stereocenters. The van der Waals surface area contributed by atoms with Gasteiger partial charge in [0.2, 0.25) is 5.91 Å². The molecule has 0 spiro atoms. The number of hydrogen-bond acceptors (Lipinski definition) is 4.